The number of amides is 1. The van der Waals surface area contributed by atoms with Gasteiger partial charge in [0.25, 0.3) is 5.91 Å². The lowest BCUT2D eigenvalue weighted by atomic mass is 9.98. The van der Waals surface area contributed by atoms with Crippen LogP contribution >= 0.6 is 0 Å². The Kier molecular flexibility index (Phi) is 11.8. The standard InChI is InChI=1S/C41H41F5N2O6/c1-41(2,3)54-39(51)30-8-5-17-48(30)21-29-19-31(26-11-9-23(22-49)10-12-26)53-40(52-29)27-15-13-25(14-16-27)28-7-4-6-24(18-28)20-47-38(50)32-33(42)35(44)37(46)36(45)34(32)43/h4,6-7,9-16,18,29-31,40,49H,5,8,17,19-22H2,1-3H3,(H,47,50). The Morgan fingerprint density at radius 1 is 0.833 bits per heavy atom. The number of hydrogen-bond acceptors (Lipinski definition) is 7. The van der Waals surface area contributed by atoms with Crippen molar-refractivity contribution < 1.29 is 50.9 Å². The molecule has 0 aliphatic carbocycles. The summed E-state index contributed by atoms with van der Waals surface area (Å²) >= 11 is 0. The highest BCUT2D eigenvalue weighted by atomic mass is 19.2. The van der Waals surface area contributed by atoms with Crippen LogP contribution in [0.25, 0.3) is 11.1 Å². The molecule has 4 aromatic carbocycles. The van der Waals surface area contributed by atoms with Gasteiger partial charge in [0, 0.05) is 25.1 Å². The molecule has 2 heterocycles. The van der Waals surface area contributed by atoms with Crippen LogP contribution in [0, 0.1) is 29.1 Å². The molecule has 13 heteroatoms. The van der Waals surface area contributed by atoms with Crippen molar-refractivity contribution in [3.8, 4) is 11.1 Å². The van der Waals surface area contributed by atoms with E-state index in [9.17, 15) is 36.6 Å². The Balaban J connectivity index is 1.17. The van der Waals surface area contributed by atoms with Crippen LogP contribution in [0.4, 0.5) is 22.0 Å². The van der Waals surface area contributed by atoms with Crippen molar-refractivity contribution >= 4 is 11.9 Å². The van der Waals surface area contributed by atoms with Crippen LogP contribution in [0.1, 0.15) is 85.0 Å². The Hall–Kier alpha value is -4.69. The summed E-state index contributed by atoms with van der Waals surface area (Å²) in [5.41, 5.74) is 2.33. The second-order valence-electron chi connectivity index (χ2n) is 14.5. The summed E-state index contributed by atoms with van der Waals surface area (Å²) < 4.78 is 87.8. The van der Waals surface area contributed by atoms with Crippen molar-refractivity contribution in [1.29, 1.82) is 0 Å². The molecule has 4 atom stereocenters. The van der Waals surface area contributed by atoms with Gasteiger partial charge in [-0.2, -0.15) is 0 Å². The molecule has 2 aliphatic rings. The lowest BCUT2D eigenvalue weighted by Gasteiger charge is -2.38. The third kappa shape index (κ3) is 8.81. The number of carbonyl (C=O) groups is 2. The molecular formula is C41H41F5N2O6. The largest absolute Gasteiger partial charge is 0.459 e. The monoisotopic (exact) mass is 752 g/mol. The van der Waals surface area contributed by atoms with Gasteiger partial charge in [0.2, 0.25) is 5.82 Å². The van der Waals surface area contributed by atoms with E-state index >= 15 is 0 Å². The Labute approximate surface area is 309 Å². The molecule has 4 aromatic rings. The molecule has 4 unspecified atom stereocenters. The number of ether oxygens (including phenoxy) is 3. The molecule has 6 rings (SSSR count). The number of likely N-dealkylation sites (tertiary alicyclic amines) is 1. The van der Waals surface area contributed by atoms with E-state index in [0.29, 0.717) is 24.9 Å². The molecule has 8 nitrogen and oxygen atoms in total. The summed E-state index contributed by atoms with van der Waals surface area (Å²) in [6, 6.07) is 21.5. The highest BCUT2D eigenvalue weighted by Gasteiger charge is 2.39. The Morgan fingerprint density at radius 2 is 1.48 bits per heavy atom. The zero-order valence-electron chi connectivity index (χ0n) is 30.0. The minimum atomic E-state index is -2.34. The average molecular weight is 753 g/mol. The van der Waals surface area contributed by atoms with Gasteiger partial charge in [-0.1, -0.05) is 66.7 Å². The molecule has 0 saturated carbocycles. The number of nitrogens with one attached hydrogen (secondary N) is 1. The average Bonchev–Trinajstić information content (AvgIpc) is 3.63. The summed E-state index contributed by atoms with van der Waals surface area (Å²) in [6.45, 7) is 6.46. The Morgan fingerprint density at radius 3 is 2.13 bits per heavy atom. The van der Waals surface area contributed by atoms with E-state index in [1.807, 2.05) is 75.4 Å². The fourth-order valence-corrected chi connectivity index (χ4v) is 6.74. The summed E-state index contributed by atoms with van der Waals surface area (Å²) in [5.74, 6) is -12.8. The minimum absolute atomic E-state index is 0.0799. The molecule has 0 radical (unpaired) electrons. The topological polar surface area (TPSA) is 97.3 Å². The summed E-state index contributed by atoms with van der Waals surface area (Å²) in [6.07, 6.45) is 0.743. The number of carbonyl (C=O) groups excluding carboxylic acids is 2. The number of halogens is 5. The molecule has 2 saturated heterocycles. The van der Waals surface area contributed by atoms with E-state index < -0.39 is 52.4 Å². The molecule has 2 N–H and O–H groups in total. The van der Waals surface area contributed by atoms with E-state index in [4.69, 9.17) is 14.2 Å². The zero-order valence-corrected chi connectivity index (χ0v) is 30.0. The van der Waals surface area contributed by atoms with Gasteiger partial charge in [-0.3, -0.25) is 14.5 Å². The van der Waals surface area contributed by atoms with Crippen molar-refractivity contribution in [2.45, 2.75) is 83.3 Å². The first-order valence-corrected chi connectivity index (χ1v) is 17.7. The Bertz CT molecular complexity index is 1960. The maximum absolute atomic E-state index is 14.1. The number of benzene rings is 4. The van der Waals surface area contributed by atoms with Crippen LogP contribution in [0.5, 0.6) is 0 Å². The van der Waals surface area contributed by atoms with E-state index in [-0.39, 0.29) is 37.4 Å². The van der Waals surface area contributed by atoms with Gasteiger partial charge in [-0.15, -0.1) is 0 Å². The van der Waals surface area contributed by atoms with E-state index in [0.717, 1.165) is 40.8 Å². The van der Waals surface area contributed by atoms with Gasteiger partial charge in [-0.05, 0) is 74.0 Å². The number of aliphatic hydroxyl groups excluding tert-OH is 1. The van der Waals surface area contributed by atoms with Crippen molar-refractivity contribution in [1.82, 2.24) is 10.2 Å². The lowest BCUT2D eigenvalue weighted by Crippen LogP contribution is -2.45. The third-order valence-electron chi connectivity index (χ3n) is 9.43. The molecule has 1 amide bonds. The van der Waals surface area contributed by atoms with Gasteiger partial charge in [-0.25, -0.2) is 22.0 Å². The molecule has 2 aliphatic heterocycles. The van der Waals surface area contributed by atoms with Crippen LogP contribution < -0.4 is 5.32 Å². The number of rotatable bonds is 10. The fraction of sp³-hybridized carbons (Fsp3) is 0.366. The van der Waals surface area contributed by atoms with E-state index in [1.54, 1.807) is 18.2 Å². The molecule has 286 valence electrons. The normalized spacial score (nSPS) is 20.5. The molecular weight excluding hydrogens is 711 g/mol. The van der Waals surface area contributed by atoms with Gasteiger partial charge >= 0.3 is 5.97 Å². The first-order chi connectivity index (χ1) is 25.7. The zero-order chi connectivity index (χ0) is 38.7. The first kappa shape index (κ1) is 39.0. The molecule has 2 fully saturated rings. The van der Waals surface area contributed by atoms with Gasteiger partial charge in [0.1, 0.15) is 17.2 Å². The van der Waals surface area contributed by atoms with Crippen LogP contribution in [0.3, 0.4) is 0 Å². The van der Waals surface area contributed by atoms with Crippen molar-refractivity contribution in [2.24, 2.45) is 0 Å². The third-order valence-corrected chi connectivity index (χ3v) is 9.43. The summed E-state index contributed by atoms with van der Waals surface area (Å²) in [5, 5.41) is 11.8. The lowest BCUT2D eigenvalue weighted by molar-refractivity contribution is -0.253. The number of nitrogens with zero attached hydrogens (tertiary/aromatic N) is 1. The summed E-state index contributed by atoms with van der Waals surface area (Å²) in [7, 11) is 0. The first-order valence-electron chi connectivity index (χ1n) is 17.7. The van der Waals surface area contributed by atoms with Gasteiger partial charge in [0.05, 0.1) is 18.8 Å². The maximum atomic E-state index is 14.1. The van der Waals surface area contributed by atoms with E-state index in [1.165, 1.54) is 0 Å². The van der Waals surface area contributed by atoms with Gasteiger partial charge < -0.3 is 24.6 Å². The van der Waals surface area contributed by atoms with Crippen LogP contribution in [-0.4, -0.2) is 52.7 Å². The van der Waals surface area contributed by atoms with Crippen molar-refractivity contribution in [3.05, 3.63) is 130 Å². The highest BCUT2D eigenvalue weighted by molar-refractivity contribution is 5.94. The molecule has 0 aromatic heterocycles. The minimum Gasteiger partial charge on any atom is -0.459 e. The SMILES string of the molecule is CC(C)(C)OC(=O)C1CCCN1CC1CC(c2ccc(CO)cc2)OC(c2ccc(-c3cccc(CNC(=O)c4c(F)c(F)c(F)c(F)c4F)c3)cc2)O1. The van der Waals surface area contributed by atoms with Crippen molar-refractivity contribution in [2.75, 3.05) is 13.1 Å². The highest BCUT2D eigenvalue weighted by Crippen LogP contribution is 2.39. The number of aliphatic hydroxyl groups is 1. The molecule has 0 spiro atoms. The predicted molar refractivity (Wildman–Crippen MR) is 188 cm³/mol. The van der Waals surface area contributed by atoms with Crippen molar-refractivity contribution in [3.63, 3.8) is 0 Å². The number of hydrogen-bond donors (Lipinski definition) is 2. The van der Waals surface area contributed by atoms with Crippen LogP contribution in [0.2, 0.25) is 0 Å². The second kappa shape index (κ2) is 16.4. The number of esters is 1. The molecule has 54 heavy (non-hydrogen) atoms. The smallest absolute Gasteiger partial charge is 0.323 e. The summed E-state index contributed by atoms with van der Waals surface area (Å²) in [4.78, 5) is 27.7. The predicted octanol–water partition coefficient (Wildman–Crippen LogP) is 7.82. The maximum Gasteiger partial charge on any atom is 0.323 e. The fourth-order valence-electron chi connectivity index (χ4n) is 6.74. The van der Waals surface area contributed by atoms with Gasteiger partial charge in [0.15, 0.2) is 29.6 Å². The van der Waals surface area contributed by atoms with E-state index in [2.05, 4.69) is 10.2 Å². The molecule has 0 bridgehead atoms. The van der Waals surface area contributed by atoms with Crippen LogP contribution in [-0.2, 0) is 32.2 Å². The second-order valence-corrected chi connectivity index (χ2v) is 14.5. The quantitative estimate of drug-likeness (QED) is 0.0738. The van der Waals surface area contributed by atoms with Crippen LogP contribution in [0.15, 0.2) is 72.8 Å².